The van der Waals surface area contributed by atoms with Gasteiger partial charge < -0.3 is 38.9 Å². The molecule has 0 aliphatic heterocycles. The van der Waals surface area contributed by atoms with E-state index in [1.807, 2.05) is 49.4 Å². The fourth-order valence-corrected chi connectivity index (χ4v) is 5.20. The quantitative estimate of drug-likeness (QED) is 0.0436. The smallest absolute Gasteiger partial charge is 0.305 e. The first-order valence-electron chi connectivity index (χ1n) is 17.3. The lowest BCUT2D eigenvalue weighted by atomic mass is 9.88. The van der Waals surface area contributed by atoms with Crippen molar-refractivity contribution in [3.8, 4) is 23.0 Å². The van der Waals surface area contributed by atoms with E-state index in [4.69, 9.17) is 38.9 Å². The minimum Gasteiger partial charge on any atom is -0.493 e. The SMILES string of the molecule is C=CCOCC(CC)(COCC)COC(=O)CCCCCCCCCCOc1ccc(/C=C(\N)c2ccc(OC)c(OC)c2)cc1OC. The fourth-order valence-electron chi connectivity index (χ4n) is 5.20. The molecule has 0 spiro atoms. The summed E-state index contributed by atoms with van der Waals surface area (Å²) in [7, 11) is 4.84. The van der Waals surface area contributed by atoms with Crippen LogP contribution in [0.15, 0.2) is 49.1 Å². The lowest BCUT2D eigenvalue weighted by Gasteiger charge is -2.31. The molecule has 9 heteroatoms. The van der Waals surface area contributed by atoms with Crippen molar-refractivity contribution < 1.29 is 38.0 Å². The van der Waals surface area contributed by atoms with E-state index in [2.05, 4.69) is 13.5 Å². The minimum absolute atomic E-state index is 0.144. The highest BCUT2D eigenvalue weighted by Gasteiger charge is 2.31. The summed E-state index contributed by atoms with van der Waals surface area (Å²) in [6.45, 7) is 10.8. The Hall–Kier alpha value is -3.69. The van der Waals surface area contributed by atoms with Gasteiger partial charge in [0, 0.05) is 24.3 Å². The zero-order valence-electron chi connectivity index (χ0n) is 30.0. The number of hydrogen-bond acceptors (Lipinski definition) is 9. The van der Waals surface area contributed by atoms with E-state index < -0.39 is 0 Å². The van der Waals surface area contributed by atoms with Crippen molar-refractivity contribution in [2.45, 2.75) is 78.1 Å². The van der Waals surface area contributed by atoms with Gasteiger partial charge in [0.2, 0.25) is 0 Å². The molecule has 0 aromatic heterocycles. The highest BCUT2D eigenvalue weighted by atomic mass is 16.5. The number of nitrogens with two attached hydrogens (primary N) is 1. The van der Waals surface area contributed by atoms with Crippen LogP contribution < -0.4 is 24.7 Å². The largest absolute Gasteiger partial charge is 0.493 e. The van der Waals surface area contributed by atoms with Crippen LogP contribution in [0.1, 0.15) is 89.2 Å². The normalized spacial score (nSPS) is 12.6. The van der Waals surface area contributed by atoms with Gasteiger partial charge in [-0.2, -0.15) is 0 Å². The average Bonchev–Trinajstić information content (AvgIpc) is 3.11. The van der Waals surface area contributed by atoms with Gasteiger partial charge >= 0.3 is 5.97 Å². The number of methoxy groups -OCH3 is 3. The third kappa shape index (κ3) is 14.6. The molecule has 2 aromatic rings. The molecule has 0 saturated carbocycles. The third-order valence-corrected chi connectivity index (χ3v) is 8.31. The maximum atomic E-state index is 12.4. The van der Waals surface area contributed by atoms with E-state index >= 15 is 0 Å². The van der Waals surface area contributed by atoms with Crippen molar-refractivity contribution in [2.24, 2.45) is 11.1 Å². The Bertz CT molecular complexity index is 1250. The van der Waals surface area contributed by atoms with Gasteiger partial charge in [0.15, 0.2) is 23.0 Å². The van der Waals surface area contributed by atoms with Crippen molar-refractivity contribution in [1.82, 2.24) is 0 Å². The molecule has 0 aliphatic carbocycles. The van der Waals surface area contributed by atoms with Gasteiger partial charge in [0.1, 0.15) is 6.61 Å². The van der Waals surface area contributed by atoms with Crippen LogP contribution in [0.4, 0.5) is 0 Å². The van der Waals surface area contributed by atoms with Gasteiger partial charge in [0.05, 0.1) is 53.2 Å². The highest BCUT2D eigenvalue weighted by Crippen LogP contribution is 2.32. The second kappa shape index (κ2) is 23.6. The third-order valence-electron chi connectivity index (χ3n) is 8.31. The molecule has 2 aromatic carbocycles. The number of hydrogen-bond donors (Lipinski definition) is 1. The monoisotopic (exact) mass is 669 g/mol. The Kier molecular flexibility index (Phi) is 19.9. The van der Waals surface area contributed by atoms with Crippen LogP contribution in [0.3, 0.4) is 0 Å². The van der Waals surface area contributed by atoms with Crippen LogP contribution in [0.5, 0.6) is 23.0 Å². The molecule has 268 valence electrons. The molecule has 0 radical (unpaired) electrons. The van der Waals surface area contributed by atoms with Crippen molar-refractivity contribution in [2.75, 3.05) is 61.0 Å². The number of unbranched alkanes of at least 4 members (excludes halogenated alkanes) is 7. The van der Waals surface area contributed by atoms with E-state index in [1.54, 1.807) is 27.4 Å². The maximum Gasteiger partial charge on any atom is 0.305 e. The van der Waals surface area contributed by atoms with Crippen molar-refractivity contribution in [3.05, 3.63) is 60.2 Å². The van der Waals surface area contributed by atoms with Crippen LogP contribution in [0.2, 0.25) is 0 Å². The van der Waals surface area contributed by atoms with Gasteiger partial charge in [-0.25, -0.2) is 0 Å². The number of benzene rings is 2. The predicted octanol–water partition coefficient (Wildman–Crippen LogP) is 8.24. The highest BCUT2D eigenvalue weighted by molar-refractivity contribution is 5.81. The van der Waals surface area contributed by atoms with E-state index in [-0.39, 0.29) is 11.4 Å². The Balaban J connectivity index is 1.63. The molecule has 0 aliphatic rings. The molecule has 0 bridgehead atoms. The molecule has 9 nitrogen and oxygen atoms in total. The van der Waals surface area contributed by atoms with Gasteiger partial charge in [-0.15, -0.1) is 6.58 Å². The Morgan fingerprint density at radius 2 is 1.40 bits per heavy atom. The summed E-state index contributed by atoms with van der Waals surface area (Å²) in [5.74, 6) is 2.51. The average molecular weight is 670 g/mol. The number of carbonyl (C=O) groups excluding carboxylic acids is 1. The van der Waals surface area contributed by atoms with Crippen molar-refractivity contribution in [3.63, 3.8) is 0 Å². The van der Waals surface area contributed by atoms with E-state index in [1.165, 1.54) is 12.8 Å². The summed E-state index contributed by atoms with van der Waals surface area (Å²) in [6.07, 6.45) is 13.5. The number of esters is 1. The van der Waals surface area contributed by atoms with E-state index in [9.17, 15) is 4.79 Å². The summed E-state index contributed by atoms with van der Waals surface area (Å²) < 4.78 is 39.3. The molecule has 2 N–H and O–H groups in total. The Morgan fingerprint density at radius 3 is 2.04 bits per heavy atom. The molecule has 0 heterocycles. The first-order chi connectivity index (χ1) is 23.3. The molecular weight excluding hydrogens is 610 g/mol. The summed E-state index contributed by atoms with van der Waals surface area (Å²) in [4.78, 5) is 12.4. The standard InChI is InChI=1S/C39H59NO8/c1-7-23-46-29-39(8-2,28-45-9-3)30-48-38(41)18-16-14-12-10-11-13-15-17-24-47-35-21-19-31(26-36(35)43-5)25-33(40)32-20-22-34(42-4)37(27-32)44-6/h7,19-22,25-27H,1,8-18,23-24,28-30,40H2,2-6H3/b33-25-. The molecule has 2 rings (SSSR count). The molecule has 48 heavy (non-hydrogen) atoms. The lowest BCUT2D eigenvalue weighted by Crippen LogP contribution is -2.37. The van der Waals surface area contributed by atoms with Gasteiger partial charge in [-0.3, -0.25) is 4.79 Å². The maximum absolute atomic E-state index is 12.4. The van der Waals surface area contributed by atoms with Gasteiger partial charge in [0.25, 0.3) is 0 Å². The molecule has 0 amide bonds. The number of rotatable bonds is 27. The lowest BCUT2D eigenvalue weighted by molar-refractivity contribution is -0.151. The first-order valence-corrected chi connectivity index (χ1v) is 17.3. The van der Waals surface area contributed by atoms with Crippen molar-refractivity contribution >= 4 is 17.7 Å². The second-order valence-corrected chi connectivity index (χ2v) is 12.0. The molecule has 1 unspecified atom stereocenters. The Morgan fingerprint density at radius 1 is 0.771 bits per heavy atom. The van der Waals surface area contributed by atoms with Crippen LogP contribution in [-0.4, -0.2) is 66.9 Å². The molecular formula is C39H59NO8. The fraction of sp³-hybridized carbons (Fsp3) is 0.564. The van der Waals surface area contributed by atoms with Crippen LogP contribution in [0.25, 0.3) is 11.8 Å². The molecule has 1 atom stereocenters. The van der Waals surface area contributed by atoms with Gasteiger partial charge in [-0.05, 0) is 68.2 Å². The van der Waals surface area contributed by atoms with E-state index in [0.29, 0.717) is 74.8 Å². The van der Waals surface area contributed by atoms with Gasteiger partial charge in [-0.1, -0.05) is 57.6 Å². The zero-order chi connectivity index (χ0) is 35.0. The zero-order valence-corrected chi connectivity index (χ0v) is 30.0. The predicted molar refractivity (Wildman–Crippen MR) is 193 cm³/mol. The summed E-state index contributed by atoms with van der Waals surface area (Å²) in [5, 5.41) is 0. The van der Waals surface area contributed by atoms with E-state index in [0.717, 1.165) is 56.1 Å². The van der Waals surface area contributed by atoms with Crippen LogP contribution in [0, 0.1) is 5.41 Å². The van der Waals surface area contributed by atoms with Crippen molar-refractivity contribution in [1.29, 1.82) is 0 Å². The first kappa shape index (κ1) is 40.5. The Labute approximate surface area is 288 Å². The number of ether oxygens (including phenoxy) is 7. The second-order valence-electron chi connectivity index (χ2n) is 12.0. The topological polar surface area (TPSA) is 108 Å². The van der Waals surface area contributed by atoms with Crippen LogP contribution in [-0.2, 0) is 19.0 Å². The summed E-state index contributed by atoms with van der Waals surface area (Å²) in [6, 6.07) is 11.4. The summed E-state index contributed by atoms with van der Waals surface area (Å²) in [5.41, 5.74) is 8.40. The minimum atomic E-state index is -0.322. The number of carbonyl (C=O) groups is 1. The molecule has 0 fully saturated rings. The van der Waals surface area contributed by atoms with Crippen LogP contribution >= 0.6 is 0 Å². The molecule has 0 saturated heterocycles. The summed E-state index contributed by atoms with van der Waals surface area (Å²) >= 11 is 0.